The van der Waals surface area contributed by atoms with Gasteiger partial charge in [-0.3, -0.25) is 0 Å². The predicted octanol–water partition coefficient (Wildman–Crippen LogP) is 5.89. The Balaban J connectivity index is 1.86. The summed E-state index contributed by atoms with van der Waals surface area (Å²) in [5, 5.41) is 1.57. The Morgan fingerprint density at radius 2 is 1.43 bits per heavy atom. The summed E-state index contributed by atoms with van der Waals surface area (Å²) in [7, 11) is 0. The van der Waals surface area contributed by atoms with Crippen molar-refractivity contribution >= 4 is 22.5 Å². The van der Waals surface area contributed by atoms with Crippen molar-refractivity contribution < 1.29 is 0 Å². The van der Waals surface area contributed by atoms with Crippen molar-refractivity contribution in [2.45, 2.75) is 63.7 Å². The van der Waals surface area contributed by atoms with Gasteiger partial charge in [-0.2, -0.15) is 0 Å². The van der Waals surface area contributed by atoms with Gasteiger partial charge in [-0.15, -0.1) is 0 Å². The van der Waals surface area contributed by atoms with Gasteiger partial charge in [0.15, 0.2) is 0 Å². The summed E-state index contributed by atoms with van der Waals surface area (Å²) in [6, 6.07) is 8.03. The zero-order valence-corrected chi connectivity index (χ0v) is 13.3. The lowest BCUT2D eigenvalue weighted by Crippen LogP contribution is -2.07. The SMILES string of the molecule is Clc1nc(C2CCCCCCCCC2)nc2ccccc12. The van der Waals surface area contributed by atoms with Gasteiger partial charge in [0.05, 0.1) is 5.52 Å². The monoisotopic (exact) mass is 302 g/mol. The van der Waals surface area contributed by atoms with Gasteiger partial charge < -0.3 is 0 Å². The van der Waals surface area contributed by atoms with Gasteiger partial charge in [0.2, 0.25) is 0 Å². The fraction of sp³-hybridized carbons (Fsp3) is 0.556. The standard InChI is InChI=1S/C18H23ClN2/c19-17-15-12-8-9-13-16(15)20-18(21-17)14-10-6-4-2-1-3-5-7-11-14/h8-9,12-14H,1-7,10-11H2. The molecule has 2 nitrogen and oxygen atoms in total. The molecule has 112 valence electrons. The minimum atomic E-state index is 0.477. The lowest BCUT2D eigenvalue weighted by atomic mass is 9.91. The fourth-order valence-electron chi connectivity index (χ4n) is 3.31. The first-order valence-electron chi connectivity index (χ1n) is 8.27. The maximum atomic E-state index is 6.36. The third-order valence-electron chi connectivity index (χ3n) is 4.54. The highest BCUT2D eigenvalue weighted by molar-refractivity contribution is 6.34. The lowest BCUT2D eigenvalue weighted by Gasteiger charge is -2.18. The topological polar surface area (TPSA) is 25.8 Å². The molecule has 0 N–H and O–H groups in total. The normalized spacial score (nSPS) is 18.7. The molecule has 1 aliphatic carbocycles. The largest absolute Gasteiger partial charge is 0.232 e. The van der Waals surface area contributed by atoms with Crippen LogP contribution in [0.4, 0.5) is 0 Å². The van der Waals surface area contributed by atoms with Crippen molar-refractivity contribution in [3.05, 3.63) is 35.2 Å². The smallest absolute Gasteiger partial charge is 0.140 e. The minimum absolute atomic E-state index is 0.477. The molecule has 0 bridgehead atoms. The molecule has 3 heteroatoms. The Kier molecular flexibility index (Phi) is 5.08. The zero-order valence-electron chi connectivity index (χ0n) is 12.5. The summed E-state index contributed by atoms with van der Waals surface area (Å²) in [5.41, 5.74) is 0.976. The highest BCUT2D eigenvalue weighted by atomic mass is 35.5. The van der Waals surface area contributed by atoms with E-state index in [1.54, 1.807) is 0 Å². The van der Waals surface area contributed by atoms with Crippen molar-refractivity contribution in [3.8, 4) is 0 Å². The average molecular weight is 303 g/mol. The summed E-state index contributed by atoms with van der Waals surface area (Å²) in [5.74, 6) is 1.43. The van der Waals surface area contributed by atoms with E-state index in [0.29, 0.717) is 11.1 Å². The Hall–Kier alpha value is -1.15. The van der Waals surface area contributed by atoms with Crippen molar-refractivity contribution in [1.29, 1.82) is 0 Å². The molecule has 0 radical (unpaired) electrons. The molecular formula is C18H23ClN2. The van der Waals surface area contributed by atoms with Gasteiger partial charge in [0.25, 0.3) is 0 Å². The van der Waals surface area contributed by atoms with Crippen LogP contribution in [0.5, 0.6) is 0 Å². The van der Waals surface area contributed by atoms with Crippen molar-refractivity contribution in [3.63, 3.8) is 0 Å². The number of halogens is 1. The molecule has 1 aliphatic rings. The van der Waals surface area contributed by atoms with Crippen molar-refractivity contribution in [2.24, 2.45) is 0 Å². The molecule has 0 saturated heterocycles. The first kappa shape index (κ1) is 14.8. The Morgan fingerprint density at radius 1 is 0.810 bits per heavy atom. The molecule has 0 aliphatic heterocycles. The molecular weight excluding hydrogens is 280 g/mol. The molecule has 1 fully saturated rings. The van der Waals surface area contributed by atoms with Crippen LogP contribution >= 0.6 is 11.6 Å². The first-order valence-corrected chi connectivity index (χ1v) is 8.64. The molecule has 1 aromatic heterocycles. The summed E-state index contributed by atoms with van der Waals surface area (Å²) >= 11 is 6.36. The fourth-order valence-corrected chi connectivity index (χ4v) is 3.55. The van der Waals surface area contributed by atoms with Crippen LogP contribution in [0.25, 0.3) is 10.9 Å². The predicted molar refractivity (Wildman–Crippen MR) is 88.8 cm³/mol. The number of nitrogens with zero attached hydrogens (tertiary/aromatic N) is 2. The lowest BCUT2D eigenvalue weighted by molar-refractivity contribution is 0.451. The van der Waals surface area contributed by atoms with E-state index in [1.165, 1.54) is 57.8 Å². The van der Waals surface area contributed by atoms with Crippen LogP contribution in [0.15, 0.2) is 24.3 Å². The number of rotatable bonds is 1. The molecule has 1 heterocycles. The van der Waals surface area contributed by atoms with E-state index in [4.69, 9.17) is 16.6 Å². The van der Waals surface area contributed by atoms with Crippen LogP contribution in [0, 0.1) is 0 Å². The van der Waals surface area contributed by atoms with E-state index in [1.807, 2.05) is 24.3 Å². The summed E-state index contributed by atoms with van der Waals surface area (Å²) < 4.78 is 0. The zero-order chi connectivity index (χ0) is 14.5. The Labute approximate surface area is 131 Å². The second-order valence-corrected chi connectivity index (χ2v) is 6.50. The van der Waals surface area contributed by atoms with E-state index in [0.717, 1.165) is 16.7 Å². The molecule has 1 saturated carbocycles. The number of benzene rings is 1. The molecule has 2 aromatic rings. The van der Waals surface area contributed by atoms with E-state index < -0.39 is 0 Å². The molecule has 0 unspecified atom stereocenters. The number of fused-ring (bicyclic) bond motifs is 1. The van der Waals surface area contributed by atoms with Gasteiger partial charge in [-0.25, -0.2) is 9.97 Å². The molecule has 0 atom stereocenters. The third-order valence-corrected chi connectivity index (χ3v) is 4.83. The van der Waals surface area contributed by atoms with Gasteiger partial charge in [0.1, 0.15) is 11.0 Å². The maximum Gasteiger partial charge on any atom is 0.140 e. The number of para-hydroxylation sites is 1. The van der Waals surface area contributed by atoms with Gasteiger partial charge >= 0.3 is 0 Å². The van der Waals surface area contributed by atoms with Crippen LogP contribution in [-0.4, -0.2) is 9.97 Å². The van der Waals surface area contributed by atoms with E-state index >= 15 is 0 Å². The van der Waals surface area contributed by atoms with E-state index in [-0.39, 0.29) is 0 Å². The Bertz CT molecular complexity index is 587. The van der Waals surface area contributed by atoms with Crippen LogP contribution < -0.4 is 0 Å². The molecule has 0 amide bonds. The first-order chi connectivity index (χ1) is 10.3. The molecule has 0 spiro atoms. The van der Waals surface area contributed by atoms with Gasteiger partial charge in [0, 0.05) is 11.3 Å². The van der Waals surface area contributed by atoms with Crippen LogP contribution in [0.1, 0.15) is 69.5 Å². The van der Waals surface area contributed by atoms with Gasteiger partial charge in [-0.1, -0.05) is 68.7 Å². The highest BCUT2D eigenvalue weighted by Crippen LogP contribution is 2.30. The quantitative estimate of drug-likeness (QED) is 0.614. The van der Waals surface area contributed by atoms with Crippen LogP contribution in [0.3, 0.4) is 0 Å². The number of hydrogen-bond acceptors (Lipinski definition) is 2. The van der Waals surface area contributed by atoms with Crippen molar-refractivity contribution in [1.82, 2.24) is 9.97 Å². The second-order valence-electron chi connectivity index (χ2n) is 6.14. The van der Waals surface area contributed by atoms with E-state index in [9.17, 15) is 0 Å². The average Bonchev–Trinajstić information content (AvgIpc) is 2.52. The van der Waals surface area contributed by atoms with Crippen LogP contribution in [-0.2, 0) is 0 Å². The number of hydrogen-bond donors (Lipinski definition) is 0. The van der Waals surface area contributed by atoms with E-state index in [2.05, 4.69) is 4.98 Å². The third kappa shape index (κ3) is 3.74. The maximum absolute atomic E-state index is 6.36. The molecule has 1 aromatic carbocycles. The summed E-state index contributed by atoms with van der Waals surface area (Å²) in [6.45, 7) is 0. The van der Waals surface area contributed by atoms with Crippen molar-refractivity contribution in [2.75, 3.05) is 0 Å². The Morgan fingerprint density at radius 3 is 2.14 bits per heavy atom. The molecule has 21 heavy (non-hydrogen) atoms. The second kappa shape index (κ2) is 7.22. The minimum Gasteiger partial charge on any atom is -0.232 e. The van der Waals surface area contributed by atoms with Crippen LogP contribution in [0.2, 0.25) is 5.15 Å². The summed E-state index contributed by atoms with van der Waals surface area (Å²) in [6.07, 6.45) is 11.8. The number of aromatic nitrogens is 2. The molecule has 3 rings (SSSR count). The summed E-state index contributed by atoms with van der Waals surface area (Å²) in [4.78, 5) is 9.40. The highest BCUT2D eigenvalue weighted by Gasteiger charge is 2.17. The van der Waals surface area contributed by atoms with Gasteiger partial charge in [-0.05, 0) is 25.0 Å².